The van der Waals surface area contributed by atoms with Gasteiger partial charge < -0.3 is 15.3 Å². The molecule has 0 aliphatic carbocycles. The second-order valence-electron chi connectivity index (χ2n) is 17.7. The van der Waals surface area contributed by atoms with Crippen molar-refractivity contribution in [2.75, 3.05) is 29.5 Å². The van der Waals surface area contributed by atoms with Crippen LogP contribution in [0.1, 0.15) is 67.8 Å². The first-order valence-corrected chi connectivity index (χ1v) is 29.2. The highest BCUT2D eigenvalue weighted by atomic mass is 32.2. The van der Waals surface area contributed by atoms with E-state index in [1.165, 1.54) is 36.4 Å². The molecule has 0 saturated carbocycles. The van der Waals surface area contributed by atoms with Gasteiger partial charge in [-0.25, -0.2) is 15.0 Å². The summed E-state index contributed by atoms with van der Waals surface area (Å²) in [5.41, 5.74) is 0.526. The topological polar surface area (TPSA) is 354 Å². The van der Waals surface area contributed by atoms with Crippen molar-refractivity contribution in [3.8, 4) is 0 Å². The van der Waals surface area contributed by atoms with Gasteiger partial charge in [-0.3, -0.25) is 23.2 Å². The van der Waals surface area contributed by atoms with Crippen LogP contribution in [0.5, 0.6) is 0 Å². The number of aromatic carboxylic acids is 1. The van der Waals surface area contributed by atoms with E-state index in [-0.39, 0.29) is 52.1 Å². The molecule has 0 fully saturated rings. The average molecular weight is 1140 g/mol. The molecule has 0 spiro atoms. The van der Waals surface area contributed by atoms with E-state index < -0.39 is 77.7 Å². The SMILES string of the molecule is CC1(C)C(/C=C/C(=C/C=C2/N(CCCS(=O)(=O)O)c3ccc4c(S(=O)(=O)O)cc(S(=O)(=O)O)cc4c3C2(C)C)c2cccc(C(=O)O)n2)=[N+](CCCSOOO)c2ccc3c(SOO[O-])cc(S(=O)(=O)O)cc3c21. The molecule has 0 bridgehead atoms. The highest BCUT2D eigenvalue weighted by molar-refractivity contribution is 7.95. The molecular weight excluding hydrogens is 1090 g/mol. The number of carboxylic acids is 1. The third-order valence-electron chi connectivity index (χ3n) is 12.4. The predicted octanol–water partition coefficient (Wildman–Crippen LogP) is 6.49. The molecule has 23 nitrogen and oxygen atoms in total. The van der Waals surface area contributed by atoms with E-state index in [4.69, 9.17) is 5.26 Å². The number of anilines is 1. The molecular formula is C45H45N3O20S6. The molecule has 2 aliphatic rings. The van der Waals surface area contributed by atoms with E-state index in [9.17, 15) is 67.0 Å². The second-order valence-corrected chi connectivity index (χ2v) is 25.0. The van der Waals surface area contributed by atoms with Crippen LogP contribution >= 0.6 is 24.1 Å². The number of hydrogen-bond acceptors (Lipinski definition) is 19. The standard InChI is InChI=1S/C45H45N3O20S6/c1-44(2)39(47(18-6-20-69-67-65-51)35-14-12-29-31(41(35)44)22-27(72(56,57)58)24-37(29)70-68-66-52)16-10-26(33-8-5-9-34(46-33)43(49)50)11-17-40-45(3,4)42-32-23-28(73(59,60)61)25-38(74(62,63)64)30(32)13-15-36(42)48(40)19-7-21-71(53,54)55/h5,8-17,22-25H,6-7,18-21H2,1-4H3,(H6-,49,50,51,52,53,54,55,56,57,58,59,60,61,62,63,64). The zero-order valence-corrected chi connectivity index (χ0v) is 44.0. The van der Waals surface area contributed by atoms with Crippen molar-refractivity contribution in [3.63, 3.8) is 0 Å². The largest absolute Gasteiger partial charge is 0.691 e. The lowest BCUT2D eigenvalue weighted by atomic mass is 9.79. The molecule has 0 atom stereocenters. The number of carboxylic acid groups (broad SMARTS) is 1. The molecule has 1 aromatic heterocycles. The van der Waals surface area contributed by atoms with Crippen LogP contribution in [0.25, 0.3) is 27.1 Å². The fraction of sp³-hybridized carbons (Fsp3) is 0.267. The first-order valence-electron chi connectivity index (χ1n) is 21.6. The Hall–Kier alpha value is -5.19. The third-order valence-corrected chi connectivity index (χ3v) is 17.0. The summed E-state index contributed by atoms with van der Waals surface area (Å²) in [6, 6.07) is 14.5. The van der Waals surface area contributed by atoms with Gasteiger partial charge in [-0.1, -0.05) is 37.1 Å². The molecule has 7 rings (SSSR count). The van der Waals surface area contributed by atoms with Gasteiger partial charge in [0.1, 0.15) is 17.1 Å². The van der Waals surface area contributed by atoms with Crippen LogP contribution in [0.15, 0.2) is 116 Å². The first-order chi connectivity index (χ1) is 34.5. The van der Waals surface area contributed by atoms with Gasteiger partial charge in [-0.2, -0.15) is 42.6 Å². The number of fused-ring (bicyclic) bond motifs is 6. The summed E-state index contributed by atoms with van der Waals surface area (Å²) in [5, 5.41) is 37.5. The number of pyridine rings is 1. The van der Waals surface area contributed by atoms with E-state index in [2.05, 4.69) is 23.7 Å². The number of benzene rings is 4. The fourth-order valence-electron chi connectivity index (χ4n) is 9.41. The smallest absolute Gasteiger partial charge is 0.354 e. The minimum Gasteiger partial charge on any atom is -0.691 e. The van der Waals surface area contributed by atoms with E-state index in [0.717, 1.165) is 24.2 Å². The number of nitrogens with zero attached hydrogens (tertiary/aromatic N) is 3. The second kappa shape index (κ2) is 21.4. The highest BCUT2D eigenvalue weighted by Gasteiger charge is 2.46. The van der Waals surface area contributed by atoms with Crippen molar-refractivity contribution >= 4 is 115 Å². The molecule has 0 radical (unpaired) electrons. The van der Waals surface area contributed by atoms with Crippen molar-refractivity contribution in [1.82, 2.24) is 4.98 Å². The van der Waals surface area contributed by atoms with Crippen LogP contribution in [-0.4, -0.2) is 108 Å². The maximum atomic E-state index is 12.7. The number of allylic oxidation sites excluding steroid dienone is 6. The Bertz CT molecular complexity index is 3710. The summed E-state index contributed by atoms with van der Waals surface area (Å²) in [5.74, 6) is -1.74. The lowest BCUT2D eigenvalue weighted by Gasteiger charge is -2.27. The molecule has 2 aliphatic heterocycles. The molecule has 0 amide bonds. The Balaban J connectivity index is 1.47. The van der Waals surface area contributed by atoms with Crippen molar-refractivity contribution in [2.24, 2.45) is 0 Å². The van der Waals surface area contributed by atoms with Crippen LogP contribution in [0, 0.1) is 0 Å². The van der Waals surface area contributed by atoms with Crippen LogP contribution in [0.4, 0.5) is 11.4 Å². The van der Waals surface area contributed by atoms with E-state index in [1.807, 2.05) is 18.4 Å². The molecule has 0 unspecified atom stereocenters. The predicted molar refractivity (Wildman–Crippen MR) is 268 cm³/mol. The van der Waals surface area contributed by atoms with Crippen molar-refractivity contribution in [2.45, 2.75) is 70.9 Å². The van der Waals surface area contributed by atoms with Crippen LogP contribution in [-0.2, 0) is 70.0 Å². The number of carbonyl (C=O) groups is 1. The normalized spacial score (nSPS) is 16.5. The summed E-state index contributed by atoms with van der Waals surface area (Å²) < 4.78 is 151. The highest BCUT2D eigenvalue weighted by Crippen LogP contribution is 2.52. The van der Waals surface area contributed by atoms with E-state index in [1.54, 1.807) is 55.2 Å². The summed E-state index contributed by atoms with van der Waals surface area (Å²) in [6.07, 6.45) is 6.78. The zero-order chi connectivity index (χ0) is 54.3. The summed E-state index contributed by atoms with van der Waals surface area (Å²) in [7, 11) is -19.5. The summed E-state index contributed by atoms with van der Waals surface area (Å²) in [4.78, 5) is 16.3. The minimum atomic E-state index is -5.11. The van der Waals surface area contributed by atoms with Gasteiger partial charge in [-0.15, -0.1) is 4.33 Å². The van der Waals surface area contributed by atoms with E-state index >= 15 is 0 Å². The minimum absolute atomic E-state index is 0.0139. The molecule has 3 heterocycles. The maximum absolute atomic E-state index is 12.7. The molecule has 6 N–H and O–H groups in total. The Kier molecular flexibility index (Phi) is 16.4. The lowest BCUT2D eigenvalue weighted by Crippen LogP contribution is -2.28. The van der Waals surface area contributed by atoms with Gasteiger partial charge in [0.15, 0.2) is 5.71 Å². The lowest BCUT2D eigenvalue weighted by molar-refractivity contribution is -0.777. The Morgan fingerprint density at radius 2 is 1.43 bits per heavy atom. The van der Waals surface area contributed by atoms with Gasteiger partial charge in [0.25, 0.3) is 40.5 Å². The van der Waals surface area contributed by atoms with Crippen LogP contribution in [0.2, 0.25) is 0 Å². The van der Waals surface area contributed by atoms with Crippen LogP contribution in [0.3, 0.4) is 0 Å². The van der Waals surface area contributed by atoms with Crippen molar-refractivity contribution in [3.05, 3.63) is 119 Å². The van der Waals surface area contributed by atoms with Gasteiger partial charge >= 0.3 is 5.97 Å². The summed E-state index contributed by atoms with van der Waals surface area (Å²) >= 11 is 1.23. The quantitative estimate of drug-likeness (QED) is 0.00869. The number of hydrogen-bond donors (Lipinski definition) is 6. The molecule has 5 aromatic rings. The monoisotopic (exact) mass is 1140 g/mol. The maximum Gasteiger partial charge on any atom is 0.354 e. The van der Waals surface area contributed by atoms with Crippen LogP contribution < -0.4 is 10.2 Å². The Morgan fingerprint density at radius 3 is 2.05 bits per heavy atom. The molecule has 396 valence electrons. The Morgan fingerprint density at radius 1 is 0.784 bits per heavy atom. The fourth-order valence-corrected chi connectivity index (χ4v) is 12.8. The molecule has 74 heavy (non-hydrogen) atoms. The molecule has 29 heteroatoms. The zero-order valence-electron chi connectivity index (χ0n) is 39.1. The van der Waals surface area contributed by atoms with E-state index in [0.29, 0.717) is 75.0 Å². The number of rotatable bonds is 21. The van der Waals surface area contributed by atoms with Gasteiger partial charge in [0.2, 0.25) is 5.69 Å². The van der Waals surface area contributed by atoms with Gasteiger partial charge in [-0.05, 0) is 103 Å². The van der Waals surface area contributed by atoms with Gasteiger partial charge in [0.05, 0.1) is 38.7 Å². The average Bonchev–Trinajstić information content (AvgIpc) is 3.66. The molecule has 4 aromatic carbocycles. The Labute approximate surface area is 432 Å². The summed E-state index contributed by atoms with van der Waals surface area (Å²) in [6.45, 7) is 7.25. The van der Waals surface area contributed by atoms with Gasteiger partial charge in [0, 0.05) is 81.1 Å². The van der Waals surface area contributed by atoms with Crippen molar-refractivity contribution < 1.29 is 95.6 Å². The van der Waals surface area contributed by atoms with Crippen molar-refractivity contribution in [1.29, 1.82) is 0 Å². The number of aromatic nitrogens is 1. The first kappa shape index (κ1) is 56.5. The third kappa shape index (κ3) is 11.8. The molecule has 0 saturated heterocycles.